The highest BCUT2D eigenvalue weighted by Crippen LogP contribution is 2.36. The van der Waals surface area contributed by atoms with E-state index in [-0.39, 0.29) is 25.2 Å². The first kappa shape index (κ1) is 24.7. The fourth-order valence-electron chi connectivity index (χ4n) is 4.73. The summed E-state index contributed by atoms with van der Waals surface area (Å²) in [5.74, 6) is 1.43. The number of carbonyl (C=O) groups excluding carboxylic acids is 1. The Morgan fingerprint density at radius 3 is 2.57 bits per heavy atom. The third kappa shape index (κ3) is 4.51. The van der Waals surface area contributed by atoms with Crippen molar-refractivity contribution in [3.05, 3.63) is 30.1 Å². The Morgan fingerprint density at radius 1 is 1.19 bits per heavy atom. The Hall–Kier alpha value is -3.97. The van der Waals surface area contributed by atoms with Gasteiger partial charge >= 0.3 is 12.1 Å². The van der Waals surface area contributed by atoms with Crippen LogP contribution in [-0.2, 0) is 17.4 Å². The maximum absolute atomic E-state index is 11.8. The number of anilines is 2. The molecular formula is C24H30N8O5. The minimum atomic E-state index is -1.41. The second kappa shape index (κ2) is 9.48. The lowest BCUT2D eigenvalue weighted by Crippen LogP contribution is -2.61. The summed E-state index contributed by atoms with van der Waals surface area (Å²) in [6.45, 7) is 5.98. The van der Waals surface area contributed by atoms with E-state index in [1.165, 1.54) is 0 Å². The Kier molecular flexibility index (Phi) is 6.33. The molecule has 13 nitrogen and oxygen atoms in total. The number of rotatable bonds is 5. The predicted octanol–water partition coefficient (Wildman–Crippen LogP) is 1.58. The second-order valence-electron chi connectivity index (χ2n) is 9.39. The highest BCUT2D eigenvalue weighted by molar-refractivity contribution is 5.90. The number of aromatic nitrogens is 4. The van der Waals surface area contributed by atoms with Gasteiger partial charge in [0.1, 0.15) is 5.82 Å². The Balaban J connectivity index is 1.57. The quantitative estimate of drug-likeness (QED) is 0.400. The van der Waals surface area contributed by atoms with Gasteiger partial charge in [-0.25, -0.2) is 24.5 Å². The number of nitrogens with one attached hydrogen (secondary N) is 2. The molecule has 2 aliphatic rings. The lowest BCUT2D eigenvalue weighted by molar-refractivity contribution is -0.0970. The van der Waals surface area contributed by atoms with Gasteiger partial charge in [-0.3, -0.25) is 0 Å². The van der Waals surface area contributed by atoms with E-state index in [0.29, 0.717) is 60.6 Å². The Labute approximate surface area is 213 Å². The summed E-state index contributed by atoms with van der Waals surface area (Å²) < 4.78 is 7.32. The summed E-state index contributed by atoms with van der Waals surface area (Å²) in [5, 5.41) is 25.9. The molecule has 37 heavy (non-hydrogen) atoms. The number of urea groups is 1. The normalized spacial score (nSPS) is 19.0. The van der Waals surface area contributed by atoms with Gasteiger partial charge in [-0.2, -0.15) is 0 Å². The van der Waals surface area contributed by atoms with E-state index in [4.69, 9.17) is 19.7 Å². The van der Waals surface area contributed by atoms with Gasteiger partial charge < -0.3 is 40.0 Å². The summed E-state index contributed by atoms with van der Waals surface area (Å²) in [4.78, 5) is 40.8. The van der Waals surface area contributed by atoms with Crippen LogP contribution >= 0.6 is 0 Å². The third-order valence-corrected chi connectivity index (χ3v) is 6.67. The molecule has 0 radical (unpaired) electrons. The molecule has 0 aliphatic carbocycles. The van der Waals surface area contributed by atoms with Crippen LogP contribution in [0.1, 0.15) is 19.7 Å². The zero-order valence-corrected chi connectivity index (χ0v) is 20.9. The number of ether oxygens (including phenoxy) is 1. The van der Waals surface area contributed by atoms with Gasteiger partial charge in [0.15, 0.2) is 28.4 Å². The highest BCUT2D eigenvalue weighted by atomic mass is 16.5. The zero-order valence-electron chi connectivity index (χ0n) is 20.9. The van der Waals surface area contributed by atoms with Crippen LogP contribution in [0, 0.1) is 0 Å². The molecule has 2 fully saturated rings. The first-order valence-corrected chi connectivity index (χ1v) is 12.1. The molecule has 1 aromatic carbocycles. The maximum atomic E-state index is 11.8. The molecule has 0 spiro atoms. The smallest absolute Gasteiger partial charge is 0.407 e. The average Bonchev–Trinajstić information content (AvgIpc) is 3.19. The highest BCUT2D eigenvalue weighted by Gasteiger charge is 2.49. The summed E-state index contributed by atoms with van der Waals surface area (Å²) in [5.41, 5.74) is 1.03. The van der Waals surface area contributed by atoms with Gasteiger partial charge in [-0.05, 0) is 38.1 Å². The van der Waals surface area contributed by atoms with Crippen LogP contribution in [0.3, 0.4) is 0 Å². The first-order chi connectivity index (χ1) is 17.7. The Morgan fingerprint density at radius 2 is 1.92 bits per heavy atom. The van der Waals surface area contributed by atoms with Gasteiger partial charge in [0.2, 0.25) is 0 Å². The van der Waals surface area contributed by atoms with Gasteiger partial charge in [-0.1, -0.05) is 0 Å². The average molecular weight is 511 g/mol. The molecule has 1 unspecified atom stereocenters. The number of hydrogen-bond acceptors (Lipinski definition) is 8. The molecule has 5 rings (SSSR count). The monoisotopic (exact) mass is 510 g/mol. The van der Waals surface area contributed by atoms with Crippen LogP contribution in [0.5, 0.6) is 0 Å². The number of hydrogen-bond donors (Lipinski definition) is 4. The number of nitrogens with zero attached hydrogens (tertiary/aromatic N) is 6. The lowest BCUT2D eigenvalue weighted by atomic mass is 9.94. The number of carbonyl (C=O) groups is 2. The van der Waals surface area contributed by atoms with Crippen molar-refractivity contribution in [3.8, 4) is 11.4 Å². The van der Waals surface area contributed by atoms with E-state index in [0.717, 1.165) is 10.5 Å². The topological polar surface area (TPSA) is 158 Å². The number of amides is 3. The summed E-state index contributed by atoms with van der Waals surface area (Å²) in [7, 11) is 1.76. The fourth-order valence-corrected chi connectivity index (χ4v) is 4.73. The van der Waals surface area contributed by atoms with Crippen molar-refractivity contribution in [2.24, 2.45) is 7.05 Å². The molecular weight excluding hydrogens is 480 g/mol. The van der Waals surface area contributed by atoms with Gasteiger partial charge in [0, 0.05) is 31.4 Å². The molecule has 2 aromatic heterocycles. The van der Waals surface area contributed by atoms with Crippen molar-refractivity contribution in [1.82, 2.24) is 29.7 Å². The van der Waals surface area contributed by atoms with E-state index in [1.807, 2.05) is 26.0 Å². The van der Waals surface area contributed by atoms with Crippen molar-refractivity contribution in [3.63, 3.8) is 0 Å². The lowest BCUT2D eigenvalue weighted by Gasteiger charge is -2.43. The maximum Gasteiger partial charge on any atom is 0.407 e. The summed E-state index contributed by atoms with van der Waals surface area (Å²) >= 11 is 0. The van der Waals surface area contributed by atoms with E-state index in [2.05, 4.69) is 15.5 Å². The standard InChI is InChI=1S/C24H30N8O5/c1-4-25-22(33)26-16-7-5-15(6-8-16)18-28-19-17(20(29-18)32-9-10-37-11-14(32)2)27-21(30(19)3)24(36)12-31(13-24)23(34)35/h5-8,14,36H,4,9-13H2,1-3H3,(H,34,35)(H2,25,26,33). The van der Waals surface area contributed by atoms with E-state index in [1.54, 1.807) is 23.7 Å². The van der Waals surface area contributed by atoms with E-state index < -0.39 is 11.7 Å². The molecule has 0 saturated carbocycles. The van der Waals surface area contributed by atoms with E-state index in [9.17, 15) is 19.8 Å². The largest absolute Gasteiger partial charge is 0.465 e. The molecule has 4 N–H and O–H groups in total. The number of likely N-dealkylation sites (tertiary alicyclic amines) is 1. The number of β-amino-alcohol motifs (C(OH)–C–C–N with tert-alkyl or cyclic N) is 1. The molecule has 13 heteroatoms. The number of imidazole rings is 1. The SMILES string of the molecule is CCNC(=O)Nc1ccc(-c2nc(N3CCOCC3C)c3nc(C4(O)CN(C(=O)O)C4)n(C)c3n2)cc1. The molecule has 3 amide bonds. The number of benzene rings is 1. The second-order valence-corrected chi connectivity index (χ2v) is 9.39. The van der Waals surface area contributed by atoms with Crippen LogP contribution in [-0.4, -0.2) is 92.2 Å². The summed E-state index contributed by atoms with van der Waals surface area (Å²) in [6, 6.07) is 6.98. The first-order valence-electron chi connectivity index (χ1n) is 12.1. The Bertz CT molecular complexity index is 1340. The third-order valence-electron chi connectivity index (χ3n) is 6.67. The van der Waals surface area contributed by atoms with Gasteiger partial charge in [0.25, 0.3) is 0 Å². The van der Waals surface area contributed by atoms with Crippen molar-refractivity contribution in [2.45, 2.75) is 25.5 Å². The molecule has 0 bridgehead atoms. The number of fused-ring (bicyclic) bond motifs is 1. The number of aliphatic hydroxyl groups is 1. The number of morpholine rings is 1. The van der Waals surface area contributed by atoms with Crippen LogP contribution in [0.2, 0.25) is 0 Å². The van der Waals surface area contributed by atoms with Crippen molar-refractivity contribution in [1.29, 1.82) is 0 Å². The molecule has 196 valence electrons. The van der Waals surface area contributed by atoms with Crippen LogP contribution in [0.15, 0.2) is 24.3 Å². The van der Waals surface area contributed by atoms with Gasteiger partial charge in [-0.15, -0.1) is 0 Å². The van der Waals surface area contributed by atoms with Crippen molar-refractivity contribution >= 4 is 34.8 Å². The molecule has 4 heterocycles. The number of carboxylic acid groups (broad SMARTS) is 1. The predicted molar refractivity (Wildman–Crippen MR) is 136 cm³/mol. The van der Waals surface area contributed by atoms with Crippen molar-refractivity contribution < 1.29 is 24.5 Å². The molecule has 3 aromatic rings. The molecule has 2 aliphatic heterocycles. The molecule has 2 saturated heterocycles. The summed E-state index contributed by atoms with van der Waals surface area (Å²) in [6.07, 6.45) is -1.08. The minimum Gasteiger partial charge on any atom is -0.465 e. The van der Waals surface area contributed by atoms with Crippen LogP contribution in [0.4, 0.5) is 21.1 Å². The van der Waals surface area contributed by atoms with Crippen molar-refractivity contribution in [2.75, 3.05) is 49.6 Å². The zero-order chi connectivity index (χ0) is 26.3. The van der Waals surface area contributed by atoms with Crippen LogP contribution in [0.25, 0.3) is 22.6 Å². The number of aryl methyl sites for hydroxylation is 1. The van der Waals surface area contributed by atoms with E-state index >= 15 is 0 Å². The van der Waals surface area contributed by atoms with Gasteiger partial charge in [0.05, 0.1) is 32.3 Å². The fraction of sp³-hybridized carbons (Fsp3) is 0.458. The minimum absolute atomic E-state index is 0.0445. The molecule has 1 atom stereocenters. The van der Waals surface area contributed by atoms with Crippen LogP contribution < -0.4 is 15.5 Å².